The maximum Gasteiger partial charge on any atom is 0.192 e. The molecule has 3 heterocycles. The minimum absolute atomic E-state index is 0.169. The first kappa shape index (κ1) is 19.7. The van der Waals surface area contributed by atoms with E-state index >= 15 is 0 Å². The van der Waals surface area contributed by atoms with Gasteiger partial charge in [-0.05, 0) is 57.2 Å². The zero-order chi connectivity index (χ0) is 20.1. The summed E-state index contributed by atoms with van der Waals surface area (Å²) in [6.07, 6.45) is 6.02. The summed E-state index contributed by atoms with van der Waals surface area (Å²) in [7, 11) is 0. The maximum atomic E-state index is 4.79. The lowest BCUT2D eigenvalue weighted by Crippen LogP contribution is -2.38. The van der Waals surface area contributed by atoms with E-state index in [-0.39, 0.29) is 6.04 Å². The number of benzene rings is 1. The standard InChI is InChI=1S/C22H33N7/c1-3-23-22(24-16-21-27-26-20-11-4-5-14-29(20)21)25-17(2)18-9-8-10-19(15-18)28-12-6-7-13-28/h8-10,15,17H,3-7,11-14,16H2,1-2H3,(H2,23,24,25). The smallest absolute Gasteiger partial charge is 0.192 e. The second kappa shape index (κ2) is 9.29. The lowest BCUT2D eigenvalue weighted by Gasteiger charge is -2.22. The zero-order valence-electron chi connectivity index (χ0n) is 17.7. The van der Waals surface area contributed by atoms with Crippen LogP contribution < -0.4 is 15.5 Å². The molecule has 0 saturated carbocycles. The van der Waals surface area contributed by atoms with Gasteiger partial charge in [0, 0.05) is 38.3 Å². The van der Waals surface area contributed by atoms with Crippen LogP contribution in [0.1, 0.15) is 62.8 Å². The Bertz CT molecular complexity index is 835. The summed E-state index contributed by atoms with van der Waals surface area (Å²) >= 11 is 0. The molecule has 2 aliphatic heterocycles. The van der Waals surface area contributed by atoms with E-state index in [1.807, 2.05) is 0 Å². The Morgan fingerprint density at radius 2 is 1.97 bits per heavy atom. The third-order valence-electron chi connectivity index (χ3n) is 5.85. The van der Waals surface area contributed by atoms with Crippen LogP contribution in [0.25, 0.3) is 0 Å². The van der Waals surface area contributed by atoms with Crippen molar-refractivity contribution in [1.82, 2.24) is 25.4 Å². The molecule has 1 unspecified atom stereocenters. The van der Waals surface area contributed by atoms with Crippen LogP contribution in [-0.2, 0) is 19.5 Å². The summed E-state index contributed by atoms with van der Waals surface area (Å²) in [6, 6.07) is 9.04. The summed E-state index contributed by atoms with van der Waals surface area (Å²) in [5.74, 6) is 2.88. The number of hydrogen-bond donors (Lipinski definition) is 2. The quantitative estimate of drug-likeness (QED) is 0.581. The van der Waals surface area contributed by atoms with Crippen molar-refractivity contribution in [3.63, 3.8) is 0 Å². The van der Waals surface area contributed by atoms with Crippen LogP contribution in [-0.4, -0.2) is 40.4 Å². The second-order valence-electron chi connectivity index (χ2n) is 7.99. The predicted molar refractivity (Wildman–Crippen MR) is 117 cm³/mol. The van der Waals surface area contributed by atoms with E-state index in [1.54, 1.807) is 0 Å². The summed E-state index contributed by atoms with van der Waals surface area (Å²) in [4.78, 5) is 7.27. The Balaban J connectivity index is 1.44. The Morgan fingerprint density at radius 3 is 2.79 bits per heavy atom. The van der Waals surface area contributed by atoms with Gasteiger partial charge in [-0.1, -0.05) is 12.1 Å². The number of aliphatic imine (C=N–C) groups is 1. The SMILES string of the molecule is CCNC(=NCc1nnc2n1CCCC2)NC(C)c1cccc(N2CCCC2)c1. The van der Waals surface area contributed by atoms with Crippen molar-refractivity contribution in [2.24, 2.45) is 4.99 Å². The van der Waals surface area contributed by atoms with Crippen molar-refractivity contribution in [2.45, 2.75) is 65.1 Å². The van der Waals surface area contributed by atoms with Crippen LogP contribution in [0.3, 0.4) is 0 Å². The van der Waals surface area contributed by atoms with Crippen LogP contribution in [0.15, 0.2) is 29.3 Å². The Kier molecular flexibility index (Phi) is 6.32. The number of aromatic nitrogens is 3. The molecule has 1 atom stereocenters. The number of guanidine groups is 1. The van der Waals surface area contributed by atoms with E-state index < -0.39 is 0 Å². The molecule has 0 aliphatic carbocycles. The third kappa shape index (κ3) is 4.71. The number of hydrogen-bond acceptors (Lipinski definition) is 4. The Labute approximate surface area is 173 Å². The zero-order valence-corrected chi connectivity index (χ0v) is 17.7. The lowest BCUT2D eigenvalue weighted by molar-refractivity contribution is 0.508. The number of fused-ring (bicyclic) bond motifs is 1. The van der Waals surface area contributed by atoms with Crippen molar-refractivity contribution in [3.8, 4) is 0 Å². The van der Waals surface area contributed by atoms with E-state index in [4.69, 9.17) is 4.99 Å². The summed E-state index contributed by atoms with van der Waals surface area (Å²) < 4.78 is 2.24. The van der Waals surface area contributed by atoms with E-state index in [2.05, 4.69) is 68.4 Å². The van der Waals surface area contributed by atoms with Gasteiger partial charge in [-0.2, -0.15) is 0 Å². The fourth-order valence-corrected chi connectivity index (χ4v) is 4.21. The van der Waals surface area contributed by atoms with Gasteiger partial charge in [-0.25, -0.2) is 4.99 Å². The van der Waals surface area contributed by atoms with Crippen LogP contribution in [0.2, 0.25) is 0 Å². The number of aryl methyl sites for hydroxylation is 1. The lowest BCUT2D eigenvalue weighted by atomic mass is 10.1. The Morgan fingerprint density at radius 1 is 1.14 bits per heavy atom. The van der Waals surface area contributed by atoms with E-state index in [9.17, 15) is 0 Å². The van der Waals surface area contributed by atoms with Gasteiger partial charge in [0.25, 0.3) is 0 Å². The second-order valence-corrected chi connectivity index (χ2v) is 7.99. The average molecular weight is 396 g/mol. The molecule has 0 amide bonds. The van der Waals surface area contributed by atoms with Crippen molar-refractivity contribution in [2.75, 3.05) is 24.5 Å². The molecular formula is C22H33N7. The van der Waals surface area contributed by atoms with Gasteiger partial charge in [0.05, 0.1) is 6.04 Å². The van der Waals surface area contributed by atoms with Crippen LogP contribution in [0.5, 0.6) is 0 Å². The summed E-state index contributed by atoms with van der Waals surface area (Å²) in [6.45, 7) is 8.99. The topological polar surface area (TPSA) is 70.4 Å². The normalized spacial score (nSPS) is 17.9. The summed E-state index contributed by atoms with van der Waals surface area (Å²) in [5.41, 5.74) is 2.60. The van der Waals surface area contributed by atoms with Crippen LogP contribution in [0, 0.1) is 0 Å². The molecule has 2 aromatic rings. The van der Waals surface area contributed by atoms with Gasteiger partial charge in [0.1, 0.15) is 12.4 Å². The van der Waals surface area contributed by atoms with Crippen molar-refractivity contribution >= 4 is 11.6 Å². The molecular weight excluding hydrogens is 362 g/mol. The van der Waals surface area contributed by atoms with Gasteiger partial charge < -0.3 is 20.1 Å². The molecule has 0 spiro atoms. The molecule has 7 heteroatoms. The fraction of sp³-hybridized carbons (Fsp3) is 0.591. The summed E-state index contributed by atoms with van der Waals surface area (Å²) in [5, 5.41) is 15.6. The molecule has 4 rings (SSSR count). The van der Waals surface area contributed by atoms with Gasteiger partial charge >= 0.3 is 0 Å². The number of nitrogens with zero attached hydrogens (tertiary/aromatic N) is 5. The molecule has 0 radical (unpaired) electrons. The maximum absolute atomic E-state index is 4.79. The number of anilines is 1. The van der Waals surface area contributed by atoms with Crippen LogP contribution >= 0.6 is 0 Å². The minimum Gasteiger partial charge on any atom is -0.372 e. The highest BCUT2D eigenvalue weighted by Gasteiger charge is 2.17. The molecule has 1 fully saturated rings. The number of nitrogens with one attached hydrogen (secondary N) is 2. The predicted octanol–water partition coefficient (Wildman–Crippen LogP) is 3.03. The van der Waals surface area contributed by atoms with E-state index in [0.29, 0.717) is 6.54 Å². The Hall–Kier alpha value is -2.57. The highest BCUT2D eigenvalue weighted by Crippen LogP contribution is 2.24. The van der Waals surface area contributed by atoms with Gasteiger partial charge in [0.2, 0.25) is 0 Å². The van der Waals surface area contributed by atoms with E-state index in [0.717, 1.165) is 50.2 Å². The molecule has 0 bridgehead atoms. The van der Waals surface area contributed by atoms with E-state index in [1.165, 1.54) is 36.9 Å². The highest BCUT2D eigenvalue weighted by atomic mass is 15.3. The fourth-order valence-electron chi connectivity index (χ4n) is 4.21. The van der Waals surface area contributed by atoms with Crippen LogP contribution in [0.4, 0.5) is 5.69 Å². The highest BCUT2D eigenvalue weighted by molar-refractivity contribution is 5.80. The number of rotatable bonds is 6. The van der Waals surface area contributed by atoms with Crippen molar-refractivity contribution in [3.05, 3.63) is 41.5 Å². The first-order valence-electron chi connectivity index (χ1n) is 11.1. The molecule has 29 heavy (non-hydrogen) atoms. The van der Waals surface area contributed by atoms with Crippen molar-refractivity contribution < 1.29 is 0 Å². The monoisotopic (exact) mass is 395 g/mol. The van der Waals surface area contributed by atoms with Gasteiger partial charge in [-0.3, -0.25) is 0 Å². The molecule has 1 aromatic heterocycles. The van der Waals surface area contributed by atoms with Crippen molar-refractivity contribution in [1.29, 1.82) is 0 Å². The third-order valence-corrected chi connectivity index (χ3v) is 5.85. The molecule has 156 valence electrons. The largest absolute Gasteiger partial charge is 0.372 e. The first-order valence-corrected chi connectivity index (χ1v) is 11.1. The minimum atomic E-state index is 0.169. The molecule has 2 N–H and O–H groups in total. The molecule has 2 aliphatic rings. The van der Waals surface area contributed by atoms with Gasteiger partial charge in [0.15, 0.2) is 11.8 Å². The molecule has 1 saturated heterocycles. The average Bonchev–Trinajstić information content (AvgIpc) is 3.42. The van der Waals surface area contributed by atoms with Gasteiger partial charge in [-0.15, -0.1) is 10.2 Å². The molecule has 7 nitrogen and oxygen atoms in total. The first-order chi connectivity index (χ1) is 14.2. The molecule has 1 aromatic carbocycles.